The van der Waals surface area contributed by atoms with Crippen molar-refractivity contribution in [2.24, 2.45) is 12.2 Å². The number of primary sulfonamides is 1. The number of ether oxygens (including phenoxy) is 1. The monoisotopic (exact) mass is 335 g/mol. The number of benzene rings is 1. The molecule has 108 valence electrons. The molecule has 0 saturated carbocycles. The Morgan fingerprint density at radius 2 is 2.05 bits per heavy atom. The van der Waals surface area contributed by atoms with E-state index in [1.54, 1.807) is 17.1 Å². The van der Waals surface area contributed by atoms with E-state index < -0.39 is 10.0 Å². The van der Waals surface area contributed by atoms with Gasteiger partial charge in [0.2, 0.25) is 10.0 Å². The summed E-state index contributed by atoms with van der Waals surface area (Å²) in [4.78, 5) is 3.71. The van der Waals surface area contributed by atoms with Crippen LogP contribution in [-0.2, 0) is 23.7 Å². The fourth-order valence-corrected chi connectivity index (χ4v) is 2.89. The quantitative estimate of drug-likeness (QED) is 0.924. The fourth-order valence-electron chi connectivity index (χ4n) is 1.51. The first kappa shape index (κ1) is 15.1. The Kier molecular flexibility index (Phi) is 4.24. The smallest absolute Gasteiger partial charge is 0.239 e. The SMILES string of the molecule is Cn1cncc1COc1cc(Cl)c(S(N)(=O)=O)cc1Cl. The molecule has 2 N–H and O–H groups in total. The number of halogens is 2. The first-order valence-electron chi connectivity index (χ1n) is 5.39. The second-order valence-electron chi connectivity index (χ2n) is 4.04. The third-order valence-corrected chi connectivity index (χ3v) is 4.26. The van der Waals surface area contributed by atoms with Gasteiger partial charge in [-0.1, -0.05) is 23.2 Å². The van der Waals surface area contributed by atoms with Crippen LogP contribution in [0.4, 0.5) is 0 Å². The van der Waals surface area contributed by atoms with E-state index in [1.165, 1.54) is 6.07 Å². The van der Waals surface area contributed by atoms with Crippen molar-refractivity contribution in [3.05, 3.63) is 40.4 Å². The van der Waals surface area contributed by atoms with Crippen molar-refractivity contribution in [2.45, 2.75) is 11.5 Å². The molecule has 0 saturated heterocycles. The van der Waals surface area contributed by atoms with Crippen molar-refractivity contribution in [1.82, 2.24) is 9.55 Å². The number of hydrogen-bond donors (Lipinski definition) is 1. The number of hydrogen-bond acceptors (Lipinski definition) is 4. The molecule has 0 atom stereocenters. The summed E-state index contributed by atoms with van der Waals surface area (Å²) in [5, 5.41) is 5.09. The molecule has 0 aliphatic carbocycles. The fraction of sp³-hybridized carbons (Fsp3) is 0.182. The molecular formula is C11H11Cl2N3O3S. The number of nitrogens with zero attached hydrogens (tertiary/aromatic N) is 2. The van der Waals surface area contributed by atoms with Gasteiger partial charge in [0.25, 0.3) is 0 Å². The van der Waals surface area contributed by atoms with Gasteiger partial charge < -0.3 is 9.30 Å². The van der Waals surface area contributed by atoms with Crippen LogP contribution in [0.25, 0.3) is 0 Å². The van der Waals surface area contributed by atoms with Gasteiger partial charge in [-0.3, -0.25) is 0 Å². The molecule has 20 heavy (non-hydrogen) atoms. The van der Waals surface area contributed by atoms with Crippen LogP contribution in [0.5, 0.6) is 5.75 Å². The second kappa shape index (κ2) is 5.61. The molecule has 0 fully saturated rings. The maximum Gasteiger partial charge on any atom is 0.239 e. The summed E-state index contributed by atoms with van der Waals surface area (Å²) in [5.74, 6) is 0.269. The minimum Gasteiger partial charge on any atom is -0.486 e. The molecular weight excluding hydrogens is 325 g/mol. The van der Waals surface area contributed by atoms with Crippen LogP contribution in [0, 0.1) is 0 Å². The average molecular weight is 336 g/mol. The van der Waals surface area contributed by atoms with Crippen LogP contribution in [-0.4, -0.2) is 18.0 Å². The lowest BCUT2D eigenvalue weighted by Gasteiger charge is -2.10. The van der Waals surface area contributed by atoms with Crippen molar-refractivity contribution in [3.8, 4) is 5.75 Å². The summed E-state index contributed by atoms with van der Waals surface area (Å²) in [6.07, 6.45) is 3.28. The molecule has 0 radical (unpaired) electrons. The largest absolute Gasteiger partial charge is 0.486 e. The second-order valence-corrected chi connectivity index (χ2v) is 6.39. The predicted molar refractivity (Wildman–Crippen MR) is 75.4 cm³/mol. The number of nitrogens with two attached hydrogens (primary N) is 1. The van der Waals surface area contributed by atoms with E-state index in [2.05, 4.69) is 4.98 Å². The Bertz CT molecular complexity index is 743. The number of imidazole rings is 1. The number of aromatic nitrogens is 2. The van der Waals surface area contributed by atoms with Gasteiger partial charge in [0, 0.05) is 13.1 Å². The molecule has 2 aromatic rings. The van der Waals surface area contributed by atoms with Gasteiger partial charge in [0.1, 0.15) is 17.3 Å². The Morgan fingerprint density at radius 1 is 1.35 bits per heavy atom. The first-order valence-corrected chi connectivity index (χ1v) is 7.69. The summed E-state index contributed by atoms with van der Waals surface area (Å²) in [6.45, 7) is 0.223. The Balaban J connectivity index is 2.26. The molecule has 0 aliphatic rings. The van der Waals surface area contributed by atoms with Gasteiger partial charge in [0.15, 0.2) is 0 Å². The van der Waals surface area contributed by atoms with Crippen molar-refractivity contribution < 1.29 is 13.2 Å². The Hall–Kier alpha value is -1.28. The molecule has 1 aromatic carbocycles. The van der Waals surface area contributed by atoms with Crippen LogP contribution < -0.4 is 9.88 Å². The topological polar surface area (TPSA) is 87.2 Å². The number of rotatable bonds is 4. The molecule has 1 aromatic heterocycles. The minimum absolute atomic E-state index is 0.0445. The first-order chi connectivity index (χ1) is 9.29. The zero-order valence-electron chi connectivity index (χ0n) is 10.4. The molecule has 2 rings (SSSR count). The zero-order chi connectivity index (χ0) is 14.9. The molecule has 1 heterocycles. The maximum absolute atomic E-state index is 11.3. The highest BCUT2D eigenvalue weighted by Crippen LogP contribution is 2.33. The van der Waals surface area contributed by atoms with Crippen LogP contribution in [0.3, 0.4) is 0 Å². The summed E-state index contributed by atoms with van der Waals surface area (Å²) in [7, 11) is -2.10. The molecule has 9 heteroatoms. The summed E-state index contributed by atoms with van der Waals surface area (Å²) >= 11 is 11.8. The van der Waals surface area contributed by atoms with Gasteiger partial charge in [-0.05, 0) is 6.07 Å². The minimum atomic E-state index is -3.92. The van der Waals surface area contributed by atoms with E-state index in [0.717, 1.165) is 11.8 Å². The molecule has 0 unspecified atom stereocenters. The van der Waals surface area contributed by atoms with E-state index in [9.17, 15) is 8.42 Å². The lowest BCUT2D eigenvalue weighted by atomic mass is 10.3. The Morgan fingerprint density at radius 3 is 2.60 bits per heavy atom. The van der Waals surface area contributed by atoms with E-state index in [0.29, 0.717) is 0 Å². The average Bonchev–Trinajstić information content (AvgIpc) is 2.74. The van der Waals surface area contributed by atoms with Crippen LogP contribution in [0.15, 0.2) is 29.6 Å². The van der Waals surface area contributed by atoms with Crippen molar-refractivity contribution in [3.63, 3.8) is 0 Å². The van der Waals surface area contributed by atoms with Crippen LogP contribution >= 0.6 is 23.2 Å². The third kappa shape index (κ3) is 3.24. The highest BCUT2D eigenvalue weighted by Gasteiger charge is 2.17. The van der Waals surface area contributed by atoms with Crippen molar-refractivity contribution >= 4 is 33.2 Å². The highest BCUT2D eigenvalue weighted by atomic mass is 35.5. The van der Waals surface area contributed by atoms with Gasteiger partial charge >= 0.3 is 0 Å². The van der Waals surface area contributed by atoms with Gasteiger partial charge in [0.05, 0.1) is 28.3 Å². The molecule has 0 bridgehead atoms. The van der Waals surface area contributed by atoms with Gasteiger partial charge in [-0.25, -0.2) is 18.5 Å². The normalized spacial score (nSPS) is 11.6. The van der Waals surface area contributed by atoms with Gasteiger partial charge in [-0.15, -0.1) is 0 Å². The number of aryl methyl sites for hydroxylation is 1. The lowest BCUT2D eigenvalue weighted by Crippen LogP contribution is -2.13. The molecule has 0 aliphatic heterocycles. The maximum atomic E-state index is 11.3. The standard InChI is InChI=1S/C11H11Cl2N3O3S/c1-16-6-15-4-7(16)5-19-10-2-9(13)11(3-8(10)12)20(14,17)18/h2-4,6H,5H2,1H3,(H2,14,17,18). The Labute approximate surface area is 126 Å². The molecule has 6 nitrogen and oxygen atoms in total. The van der Waals surface area contributed by atoms with E-state index in [1.807, 2.05) is 7.05 Å². The van der Waals surface area contributed by atoms with Gasteiger partial charge in [-0.2, -0.15) is 0 Å². The summed E-state index contributed by atoms with van der Waals surface area (Å²) < 4.78 is 29.9. The summed E-state index contributed by atoms with van der Waals surface area (Å²) in [5.41, 5.74) is 0.827. The third-order valence-electron chi connectivity index (χ3n) is 2.58. The van der Waals surface area contributed by atoms with Crippen molar-refractivity contribution in [2.75, 3.05) is 0 Å². The molecule has 0 spiro atoms. The van der Waals surface area contributed by atoms with Crippen LogP contribution in [0.2, 0.25) is 10.0 Å². The van der Waals surface area contributed by atoms with E-state index >= 15 is 0 Å². The van der Waals surface area contributed by atoms with Crippen LogP contribution in [0.1, 0.15) is 5.69 Å². The molecule has 0 amide bonds. The number of sulfonamides is 1. The summed E-state index contributed by atoms with van der Waals surface area (Å²) in [6, 6.07) is 2.48. The predicted octanol–water partition coefficient (Wildman–Crippen LogP) is 1.95. The van der Waals surface area contributed by atoms with E-state index in [4.69, 9.17) is 33.1 Å². The highest BCUT2D eigenvalue weighted by molar-refractivity contribution is 7.89. The van der Waals surface area contributed by atoms with E-state index in [-0.39, 0.29) is 27.3 Å². The lowest BCUT2D eigenvalue weighted by molar-refractivity contribution is 0.297. The zero-order valence-corrected chi connectivity index (χ0v) is 12.7. The van der Waals surface area contributed by atoms with Crippen molar-refractivity contribution in [1.29, 1.82) is 0 Å².